The van der Waals surface area contributed by atoms with Crippen molar-refractivity contribution in [3.05, 3.63) is 0 Å². The molecule has 0 N–H and O–H groups in total. The summed E-state index contributed by atoms with van der Waals surface area (Å²) in [5.74, 6) is 2.40. The lowest BCUT2D eigenvalue weighted by Gasteiger charge is -2.13. The van der Waals surface area contributed by atoms with Crippen LogP contribution in [0.4, 0.5) is 0 Å². The van der Waals surface area contributed by atoms with Gasteiger partial charge in [0.2, 0.25) is 0 Å². The molecule has 0 aromatic rings. The molecule has 3 nitrogen and oxygen atoms in total. The van der Waals surface area contributed by atoms with Gasteiger partial charge < -0.3 is 9.57 Å². The van der Waals surface area contributed by atoms with Crippen molar-refractivity contribution in [2.75, 3.05) is 24.7 Å². The third-order valence-corrected chi connectivity index (χ3v) is 3.27. The highest BCUT2D eigenvalue weighted by atomic mass is 32.2. The summed E-state index contributed by atoms with van der Waals surface area (Å²) in [6.07, 6.45) is 3.39. The lowest BCUT2D eigenvalue weighted by atomic mass is 10.2. The van der Waals surface area contributed by atoms with Gasteiger partial charge in [-0.1, -0.05) is 5.16 Å². The van der Waals surface area contributed by atoms with Crippen molar-refractivity contribution >= 4 is 17.5 Å². The Kier molecular flexibility index (Phi) is 3.49. The highest BCUT2D eigenvalue weighted by Crippen LogP contribution is 2.16. The smallest absolute Gasteiger partial charge is 0.152 e. The van der Waals surface area contributed by atoms with Crippen molar-refractivity contribution in [1.82, 2.24) is 0 Å². The second kappa shape index (κ2) is 4.86. The van der Waals surface area contributed by atoms with E-state index in [2.05, 4.69) is 5.16 Å². The largest absolute Gasteiger partial charge is 0.390 e. The van der Waals surface area contributed by atoms with Crippen molar-refractivity contribution < 1.29 is 9.57 Å². The summed E-state index contributed by atoms with van der Waals surface area (Å²) in [5, 5.41) is 4.19. The van der Waals surface area contributed by atoms with Gasteiger partial charge in [0.1, 0.15) is 0 Å². The minimum atomic E-state index is 0.210. The van der Waals surface area contributed by atoms with Gasteiger partial charge in [0, 0.05) is 6.42 Å². The molecule has 0 aromatic heterocycles. The number of oxime groups is 1. The fourth-order valence-corrected chi connectivity index (χ4v) is 2.41. The molecule has 2 saturated heterocycles. The molecule has 2 rings (SSSR count). The lowest BCUT2D eigenvalue weighted by Crippen LogP contribution is -2.13. The van der Waals surface area contributed by atoms with E-state index in [9.17, 15) is 0 Å². The fraction of sp³-hybridized carbons (Fsp3) is 0.889. The first-order valence-electron chi connectivity index (χ1n) is 4.82. The number of hydrogen-bond donors (Lipinski definition) is 0. The highest BCUT2D eigenvalue weighted by molar-refractivity contribution is 7.99. The van der Waals surface area contributed by atoms with Gasteiger partial charge in [-0.15, -0.1) is 0 Å². The van der Waals surface area contributed by atoms with Crippen LogP contribution in [-0.4, -0.2) is 36.5 Å². The molecular weight excluding hydrogens is 186 g/mol. The maximum absolute atomic E-state index is 5.40. The van der Waals surface area contributed by atoms with Crippen LogP contribution in [-0.2, 0) is 9.57 Å². The van der Waals surface area contributed by atoms with Gasteiger partial charge in [0.15, 0.2) is 6.10 Å². The quantitative estimate of drug-likeness (QED) is 0.637. The predicted octanol–water partition coefficient (Wildman–Crippen LogP) is 1.67. The molecule has 0 radical (unpaired) electrons. The van der Waals surface area contributed by atoms with E-state index in [0.29, 0.717) is 6.61 Å². The van der Waals surface area contributed by atoms with E-state index in [1.807, 2.05) is 11.8 Å². The summed E-state index contributed by atoms with van der Waals surface area (Å²) in [4.78, 5) is 5.40. The average Bonchev–Trinajstić information content (AvgIpc) is 2.69. The van der Waals surface area contributed by atoms with Crippen LogP contribution in [0.15, 0.2) is 5.16 Å². The molecule has 2 aliphatic rings. The molecule has 74 valence electrons. The van der Waals surface area contributed by atoms with Gasteiger partial charge in [-0.25, -0.2) is 0 Å². The van der Waals surface area contributed by atoms with Crippen molar-refractivity contribution in [2.45, 2.75) is 25.4 Å². The van der Waals surface area contributed by atoms with E-state index >= 15 is 0 Å². The second-order valence-electron chi connectivity index (χ2n) is 3.36. The molecule has 4 heteroatoms. The molecule has 2 fully saturated rings. The third kappa shape index (κ3) is 2.88. The summed E-state index contributed by atoms with van der Waals surface area (Å²) in [6, 6.07) is 0. The fourth-order valence-electron chi connectivity index (χ4n) is 1.44. The average molecular weight is 201 g/mol. The van der Waals surface area contributed by atoms with Gasteiger partial charge in [-0.3, -0.25) is 0 Å². The topological polar surface area (TPSA) is 30.8 Å². The third-order valence-electron chi connectivity index (χ3n) is 2.29. The van der Waals surface area contributed by atoms with Crippen LogP contribution in [0, 0.1) is 0 Å². The van der Waals surface area contributed by atoms with Crippen LogP contribution in [0.2, 0.25) is 0 Å². The summed E-state index contributed by atoms with van der Waals surface area (Å²) in [5.41, 5.74) is 1.23. The number of thioether (sulfide) groups is 1. The van der Waals surface area contributed by atoms with Crippen LogP contribution < -0.4 is 0 Å². The monoisotopic (exact) mass is 201 g/mol. The molecular formula is C9H15NO2S. The summed E-state index contributed by atoms with van der Waals surface area (Å²) < 4.78 is 5.20. The maximum Gasteiger partial charge on any atom is 0.152 e. The molecule has 0 bridgehead atoms. The van der Waals surface area contributed by atoms with Crippen LogP contribution in [0.25, 0.3) is 0 Å². The first kappa shape index (κ1) is 9.34. The Hall–Kier alpha value is -0.220. The molecule has 2 aliphatic heterocycles. The van der Waals surface area contributed by atoms with Crippen LogP contribution in [0.3, 0.4) is 0 Å². The van der Waals surface area contributed by atoms with Gasteiger partial charge in [-0.2, -0.15) is 11.8 Å². The van der Waals surface area contributed by atoms with Crippen molar-refractivity contribution in [2.24, 2.45) is 5.16 Å². The molecule has 2 heterocycles. The van der Waals surface area contributed by atoms with Gasteiger partial charge in [0.25, 0.3) is 0 Å². The minimum absolute atomic E-state index is 0.210. The van der Waals surface area contributed by atoms with E-state index in [1.165, 1.54) is 17.2 Å². The Bertz CT molecular complexity index is 182. The molecule has 0 amide bonds. The van der Waals surface area contributed by atoms with E-state index in [1.54, 1.807) is 0 Å². The molecule has 1 atom stereocenters. The van der Waals surface area contributed by atoms with E-state index < -0.39 is 0 Å². The molecule has 13 heavy (non-hydrogen) atoms. The Morgan fingerprint density at radius 2 is 2.23 bits per heavy atom. The number of rotatable bonds is 2. The lowest BCUT2D eigenvalue weighted by molar-refractivity contribution is 0.0468. The first-order chi connectivity index (χ1) is 6.45. The predicted molar refractivity (Wildman–Crippen MR) is 54.3 cm³/mol. The molecule has 1 unspecified atom stereocenters. The standard InChI is InChI=1S/C9H15NO2S/c1-4-11-7-9(1)12-10-8-2-5-13-6-3-8/h9H,1-7H2. The maximum atomic E-state index is 5.40. The van der Waals surface area contributed by atoms with Gasteiger partial charge in [-0.05, 0) is 24.3 Å². The zero-order chi connectivity index (χ0) is 8.93. The first-order valence-corrected chi connectivity index (χ1v) is 5.97. The Labute approximate surface area is 82.8 Å². The zero-order valence-electron chi connectivity index (χ0n) is 7.70. The van der Waals surface area contributed by atoms with E-state index in [4.69, 9.17) is 9.57 Å². The molecule has 0 aliphatic carbocycles. The number of hydrogen-bond acceptors (Lipinski definition) is 4. The van der Waals surface area contributed by atoms with Crippen molar-refractivity contribution in [3.8, 4) is 0 Å². The number of ether oxygens (including phenoxy) is 1. The normalized spacial score (nSPS) is 28.9. The van der Waals surface area contributed by atoms with Gasteiger partial charge >= 0.3 is 0 Å². The summed E-state index contributed by atoms with van der Waals surface area (Å²) in [7, 11) is 0. The Morgan fingerprint density at radius 3 is 2.92 bits per heavy atom. The molecule has 0 aromatic carbocycles. The number of nitrogens with zero attached hydrogens (tertiary/aromatic N) is 1. The Balaban J connectivity index is 1.74. The molecule has 0 saturated carbocycles. The van der Waals surface area contributed by atoms with Crippen molar-refractivity contribution in [1.29, 1.82) is 0 Å². The SMILES string of the molecule is C1CC(ON=C2CCSCC2)CO1. The summed E-state index contributed by atoms with van der Waals surface area (Å²) >= 11 is 2.00. The zero-order valence-corrected chi connectivity index (χ0v) is 8.52. The van der Waals surface area contributed by atoms with Crippen LogP contribution in [0.1, 0.15) is 19.3 Å². The summed E-state index contributed by atoms with van der Waals surface area (Å²) in [6.45, 7) is 1.54. The van der Waals surface area contributed by atoms with Crippen LogP contribution >= 0.6 is 11.8 Å². The second-order valence-corrected chi connectivity index (χ2v) is 4.59. The highest BCUT2D eigenvalue weighted by Gasteiger charge is 2.17. The van der Waals surface area contributed by atoms with Crippen molar-refractivity contribution in [3.63, 3.8) is 0 Å². The van der Waals surface area contributed by atoms with E-state index in [-0.39, 0.29) is 6.10 Å². The minimum Gasteiger partial charge on any atom is -0.390 e. The van der Waals surface area contributed by atoms with Crippen LogP contribution in [0.5, 0.6) is 0 Å². The van der Waals surface area contributed by atoms with E-state index in [0.717, 1.165) is 25.9 Å². The van der Waals surface area contributed by atoms with Gasteiger partial charge in [0.05, 0.1) is 18.9 Å². The Morgan fingerprint density at radius 1 is 1.38 bits per heavy atom. The molecule has 0 spiro atoms.